The third-order valence-electron chi connectivity index (χ3n) is 3.38. The lowest BCUT2D eigenvalue weighted by Gasteiger charge is -2.08. The van der Waals surface area contributed by atoms with E-state index < -0.39 is 10.0 Å². The fourth-order valence-corrected chi connectivity index (χ4v) is 2.83. The Bertz CT molecular complexity index is 495. The second kappa shape index (κ2) is 9.23. The second-order valence-corrected chi connectivity index (χ2v) is 7.54. The maximum Gasteiger partial charge on any atom is 0.275 e. The first kappa shape index (κ1) is 18.2. The molecule has 0 saturated carbocycles. The SMILES string of the molecule is CCCCCCCCNCc1ccc(S(=O)(=O)N(C)C)o1. The molecule has 0 aliphatic rings. The molecule has 1 rings (SSSR count). The van der Waals surface area contributed by atoms with Gasteiger partial charge >= 0.3 is 0 Å². The highest BCUT2D eigenvalue weighted by Gasteiger charge is 2.21. The Morgan fingerprint density at radius 3 is 2.43 bits per heavy atom. The summed E-state index contributed by atoms with van der Waals surface area (Å²) in [7, 11) is -0.477. The summed E-state index contributed by atoms with van der Waals surface area (Å²) in [5.74, 6) is 0.654. The Labute approximate surface area is 128 Å². The summed E-state index contributed by atoms with van der Waals surface area (Å²) in [5, 5.41) is 3.29. The van der Waals surface area contributed by atoms with Gasteiger partial charge in [-0.1, -0.05) is 39.0 Å². The van der Waals surface area contributed by atoms with E-state index >= 15 is 0 Å². The van der Waals surface area contributed by atoms with Gasteiger partial charge in [-0.25, -0.2) is 12.7 Å². The first-order valence-corrected chi connectivity index (χ1v) is 9.14. The molecule has 6 heteroatoms. The van der Waals surface area contributed by atoms with E-state index in [1.807, 2.05) is 0 Å². The van der Waals surface area contributed by atoms with Gasteiger partial charge in [-0.15, -0.1) is 0 Å². The Kier molecular flexibility index (Phi) is 8.00. The third kappa shape index (κ3) is 6.20. The number of rotatable bonds is 11. The predicted octanol–water partition coefficient (Wildman–Crippen LogP) is 2.98. The van der Waals surface area contributed by atoms with Gasteiger partial charge in [0.25, 0.3) is 10.0 Å². The van der Waals surface area contributed by atoms with Crippen LogP contribution < -0.4 is 5.32 Å². The number of sulfonamides is 1. The number of nitrogens with one attached hydrogen (secondary N) is 1. The van der Waals surface area contributed by atoms with Gasteiger partial charge in [-0.2, -0.15) is 0 Å². The van der Waals surface area contributed by atoms with Crippen LogP contribution in [0.15, 0.2) is 21.6 Å². The Morgan fingerprint density at radius 1 is 1.10 bits per heavy atom. The van der Waals surface area contributed by atoms with E-state index in [0.717, 1.165) is 17.3 Å². The average Bonchev–Trinajstić information content (AvgIpc) is 2.91. The van der Waals surface area contributed by atoms with Crippen molar-refractivity contribution in [2.75, 3.05) is 20.6 Å². The van der Waals surface area contributed by atoms with Crippen molar-refractivity contribution < 1.29 is 12.8 Å². The minimum Gasteiger partial charge on any atom is -0.447 e. The van der Waals surface area contributed by atoms with Gasteiger partial charge in [0, 0.05) is 14.1 Å². The van der Waals surface area contributed by atoms with Crippen molar-refractivity contribution in [1.82, 2.24) is 9.62 Å². The van der Waals surface area contributed by atoms with E-state index in [9.17, 15) is 8.42 Å². The van der Waals surface area contributed by atoms with Gasteiger partial charge in [-0.05, 0) is 25.1 Å². The fraction of sp³-hybridized carbons (Fsp3) is 0.733. The Balaban J connectivity index is 2.24. The smallest absolute Gasteiger partial charge is 0.275 e. The maximum atomic E-state index is 11.9. The summed E-state index contributed by atoms with van der Waals surface area (Å²) in [5.41, 5.74) is 0. The molecule has 0 saturated heterocycles. The molecule has 0 bridgehead atoms. The number of nitrogens with zero attached hydrogens (tertiary/aromatic N) is 1. The topological polar surface area (TPSA) is 62.6 Å². The largest absolute Gasteiger partial charge is 0.447 e. The van der Waals surface area contributed by atoms with Gasteiger partial charge in [0.1, 0.15) is 5.76 Å². The Hall–Kier alpha value is -0.850. The molecule has 5 nitrogen and oxygen atoms in total. The fourth-order valence-electron chi connectivity index (χ4n) is 2.01. The molecule has 0 amide bonds. The molecule has 0 spiro atoms. The van der Waals surface area contributed by atoms with E-state index in [1.54, 1.807) is 6.07 Å². The van der Waals surface area contributed by atoms with Gasteiger partial charge in [-0.3, -0.25) is 0 Å². The molecule has 1 aromatic rings. The highest BCUT2D eigenvalue weighted by molar-refractivity contribution is 7.88. The molecule has 1 heterocycles. The van der Waals surface area contributed by atoms with Crippen LogP contribution in [0.25, 0.3) is 0 Å². The van der Waals surface area contributed by atoms with E-state index in [1.165, 1.54) is 52.3 Å². The summed E-state index contributed by atoms with van der Waals surface area (Å²) in [6.07, 6.45) is 7.60. The summed E-state index contributed by atoms with van der Waals surface area (Å²) in [6, 6.07) is 3.22. The maximum absolute atomic E-state index is 11.9. The lowest BCUT2D eigenvalue weighted by Crippen LogP contribution is -2.21. The van der Waals surface area contributed by atoms with Crippen molar-refractivity contribution in [1.29, 1.82) is 0 Å². The summed E-state index contributed by atoms with van der Waals surface area (Å²) < 4.78 is 30.2. The Morgan fingerprint density at radius 2 is 1.76 bits per heavy atom. The van der Waals surface area contributed by atoms with E-state index in [4.69, 9.17) is 4.42 Å². The van der Waals surface area contributed by atoms with Gasteiger partial charge in [0.15, 0.2) is 0 Å². The van der Waals surface area contributed by atoms with Crippen LogP contribution in [0.4, 0.5) is 0 Å². The monoisotopic (exact) mass is 316 g/mol. The number of unbranched alkanes of at least 4 members (excludes halogenated alkanes) is 5. The summed E-state index contributed by atoms with van der Waals surface area (Å²) >= 11 is 0. The van der Waals surface area contributed by atoms with Crippen LogP contribution in [-0.4, -0.2) is 33.4 Å². The molecule has 0 atom stereocenters. The third-order valence-corrected chi connectivity index (χ3v) is 5.07. The molecule has 0 unspecified atom stereocenters. The van der Waals surface area contributed by atoms with Crippen LogP contribution in [0, 0.1) is 0 Å². The van der Waals surface area contributed by atoms with Crippen LogP contribution >= 0.6 is 0 Å². The molecular formula is C15H28N2O3S. The van der Waals surface area contributed by atoms with Crippen LogP contribution in [0.3, 0.4) is 0 Å². The van der Waals surface area contributed by atoms with Crippen molar-refractivity contribution in [3.8, 4) is 0 Å². The van der Waals surface area contributed by atoms with Gasteiger partial charge in [0.05, 0.1) is 6.54 Å². The summed E-state index contributed by atoms with van der Waals surface area (Å²) in [6.45, 7) is 3.72. The van der Waals surface area contributed by atoms with Crippen molar-refractivity contribution in [2.24, 2.45) is 0 Å². The van der Waals surface area contributed by atoms with Crippen LogP contribution in [-0.2, 0) is 16.6 Å². The minimum absolute atomic E-state index is 0.00358. The first-order valence-electron chi connectivity index (χ1n) is 7.70. The highest BCUT2D eigenvalue weighted by atomic mass is 32.2. The van der Waals surface area contributed by atoms with Crippen LogP contribution in [0.1, 0.15) is 51.2 Å². The van der Waals surface area contributed by atoms with Gasteiger partial charge in [0.2, 0.25) is 5.09 Å². The van der Waals surface area contributed by atoms with Gasteiger partial charge < -0.3 is 9.73 Å². The molecule has 1 N–H and O–H groups in total. The standard InChI is InChI=1S/C15H28N2O3S/c1-4-5-6-7-8-9-12-16-13-14-10-11-15(20-14)21(18,19)17(2)3/h10-11,16H,4-9,12-13H2,1-3H3. The van der Waals surface area contributed by atoms with Crippen LogP contribution in [0.2, 0.25) is 0 Å². The molecule has 0 radical (unpaired) electrons. The lowest BCUT2D eigenvalue weighted by atomic mass is 10.1. The molecular weight excluding hydrogens is 288 g/mol. The first-order chi connectivity index (χ1) is 9.98. The van der Waals surface area contributed by atoms with E-state index in [-0.39, 0.29) is 5.09 Å². The predicted molar refractivity (Wildman–Crippen MR) is 84.7 cm³/mol. The molecule has 1 aromatic heterocycles. The van der Waals surface area contributed by atoms with Crippen molar-refractivity contribution in [3.63, 3.8) is 0 Å². The highest BCUT2D eigenvalue weighted by Crippen LogP contribution is 2.16. The molecule has 0 aliphatic heterocycles. The molecule has 21 heavy (non-hydrogen) atoms. The van der Waals surface area contributed by atoms with Crippen molar-refractivity contribution in [2.45, 2.75) is 57.1 Å². The zero-order valence-electron chi connectivity index (χ0n) is 13.4. The number of hydrogen-bond donors (Lipinski definition) is 1. The molecule has 0 aliphatic carbocycles. The van der Waals surface area contributed by atoms with Crippen molar-refractivity contribution >= 4 is 10.0 Å². The van der Waals surface area contributed by atoms with E-state index in [0.29, 0.717) is 12.3 Å². The quantitative estimate of drug-likeness (QED) is 0.638. The zero-order valence-corrected chi connectivity index (χ0v) is 14.2. The van der Waals surface area contributed by atoms with Crippen LogP contribution in [0.5, 0.6) is 0 Å². The zero-order chi connectivity index (χ0) is 15.7. The molecule has 0 fully saturated rings. The number of furan rings is 1. The molecule has 122 valence electrons. The molecule has 0 aromatic carbocycles. The lowest BCUT2D eigenvalue weighted by molar-refractivity contribution is 0.388. The van der Waals surface area contributed by atoms with Crippen molar-refractivity contribution in [3.05, 3.63) is 17.9 Å². The average molecular weight is 316 g/mol. The second-order valence-electron chi connectivity index (χ2n) is 5.45. The minimum atomic E-state index is -3.47. The normalized spacial score (nSPS) is 12.2. The summed E-state index contributed by atoms with van der Waals surface area (Å²) in [4.78, 5) is 0. The number of hydrogen-bond acceptors (Lipinski definition) is 4. The van der Waals surface area contributed by atoms with E-state index in [2.05, 4.69) is 12.2 Å².